The zero-order valence-electron chi connectivity index (χ0n) is 16.8. The van der Waals surface area contributed by atoms with Crippen molar-refractivity contribution in [3.8, 4) is 17.2 Å². The Morgan fingerprint density at radius 2 is 2.03 bits per heavy atom. The number of nitrogens with zero attached hydrogens (tertiary/aromatic N) is 4. The van der Waals surface area contributed by atoms with E-state index in [9.17, 15) is 9.59 Å². The van der Waals surface area contributed by atoms with E-state index in [1.165, 1.54) is 4.57 Å². The summed E-state index contributed by atoms with van der Waals surface area (Å²) in [4.78, 5) is 29.6. The van der Waals surface area contributed by atoms with E-state index in [1.54, 1.807) is 10.8 Å². The number of aryl methyl sites for hydroxylation is 1. The maximum atomic E-state index is 12.8. The van der Waals surface area contributed by atoms with Crippen molar-refractivity contribution in [1.82, 2.24) is 19.4 Å². The van der Waals surface area contributed by atoms with Crippen molar-refractivity contribution in [2.45, 2.75) is 46.2 Å². The molecule has 0 bridgehead atoms. The number of carbonyl (C=O) groups is 1. The lowest BCUT2D eigenvalue weighted by Crippen LogP contribution is -2.33. The van der Waals surface area contributed by atoms with E-state index in [0.29, 0.717) is 30.7 Å². The molecule has 3 aromatic rings. The van der Waals surface area contributed by atoms with Crippen LogP contribution in [0.1, 0.15) is 32.3 Å². The molecule has 3 rings (SSSR count). The van der Waals surface area contributed by atoms with Crippen LogP contribution < -0.4 is 11.0 Å². The van der Waals surface area contributed by atoms with Crippen LogP contribution >= 0.6 is 0 Å². The van der Waals surface area contributed by atoms with Gasteiger partial charge < -0.3 is 5.32 Å². The Kier molecular flexibility index (Phi) is 6.45. The van der Waals surface area contributed by atoms with Crippen molar-refractivity contribution in [3.05, 3.63) is 52.6 Å². The van der Waals surface area contributed by atoms with Crippen molar-refractivity contribution in [2.24, 2.45) is 0 Å². The summed E-state index contributed by atoms with van der Waals surface area (Å²) in [6, 6.07) is 11.8. The third kappa shape index (κ3) is 4.37. The van der Waals surface area contributed by atoms with Crippen LogP contribution in [0.15, 0.2) is 41.3 Å². The van der Waals surface area contributed by atoms with Gasteiger partial charge in [-0.3, -0.25) is 13.9 Å². The average Bonchev–Trinajstić information content (AvgIpc) is 2.99. The number of carbonyl (C=O) groups excluding carboxylic acids is 1. The van der Waals surface area contributed by atoms with Crippen molar-refractivity contribution < 1.29 is 4.79 Å². The van der Waals surface area contributed by atoms with E-state index in [4.69, 9.17) is 5.26 Å². The minimum Gasteiger partial charge on any atom is -0.355 e. The van der Waals surface area contributed by atoms with E-state index in [-0.39, 0.29) is 18.1 Å². The third-order valence-corrected chi connectivity index (χ3v) is 4.87. The van der Waals surface area contributed by atoms with Crippen molar-refractivity contribution >= 4 is 17.1 Å². The zero-order chi connectivity index (χ0) is 20.8. The molecule has 1 aromatic carbocycles. The fraction of sp³-hybridized carbons (Fsp3) is 0.364. The molecule has 0 spiro atoms. The number of nitrogens with one attached hydrogen (secondary N) is 1. The quantitative estimate of drug-likeness (QED) is 0.598. The second-order valence-electron chi connectivity index (χ2n) is 6.92. The van der Waals surface area contributed by atoms with Gasteiger partial charge in [0.1, 0.15) is 6.54 Å². The summed E-state index contributed by atoms with van der Waals surface area (Å²) in [6.45, 7) is 5.00. The van der Waals surface area contributed by atoms with E-state index in [1.807, 2.05) is 37.3 Å². The molecule has 150 valence electrons. The zero-order valence-corrected chi connectivity index (χ0v) is 16.8. The van der Waals surface area contributed by atoms with Crippen molar-refractivity contribution in [3.63, 3.8) is 0 Å². The van der Waals surface area contributed by atoms with Crippen LogP contribution in [0.2, 0.25) is 0 Å². The summed E-state index contributed by atoms with van der Waals surface area (Å²) in [5.74, 6) is -0.189. The fourth-order valence-electron chi connectivity index (χ4n) is 3.35. The number of hydrogen-bond donors (Lipinski definition) is 1. The van der Waals surface area contributed by atoms with Gasteiger partial charge in [0.05, 0.1) is 18.0 Å². The highest BCUT2D eigenvalue weighted by atomic mass is 16.2. The predicted octanol–water partition coefficient (Wildman–Crippen LogP) is 2.87. The Hall–Kier alpha value is -3.40. The van der Waals surface area contributed by atoms with Crippen LogP contribution in [0, 0.1) is 11.3 Å². The summed E-state index contributed by atoms with van der Waals surface area (Å²) in [6.07, 6.45) is 3.95. The first-order valence-electron chi connectivity index (χ1n) is 9.91. The molecule has 1 N–H and O–H groups in total. The molecule has 0 aliphatic carbocycles. The first-order valence-corrected chi connectivity index (χ1v) is 9.91. The lowest BCUT2D eigenvalue weighted by Gasteiger charge is -2.06. The Bertz CT molecular complexity index is 1120. The molecule has 0 unspecified atom stereocenters. The summed E-state index contributed by atoms with van der Waals surface area (Å²) >= 11 is 0. The van der Waals surface area contributed by atoms with Gasteiger partial charge in [-0.15, -0.1) is 0 Å². The molecule has 1 amide bonds. The molecule has 2 aromatic heterocycles. The molecule has 0 fully saturated rings. The lowest BCUT2D eigenvalue weighted by atomic mass is 10.0. The monoisotopic (exact) mass is 391 g/mol. The number of aromatic nitrogens is 3. The molecular weight excluding hydrogens is 366 g/mol. The standard InChI is InChI=1S/C22H25N5O2/c1-3-5-11-24-20(28)15-27-21-19(26(4-2)22(27)29)13-18(14-25-21)17-8-6-7-16(12-17)9-10-23/h6-8,12-14H,3-5,9,11,15H2,1-2H3,(H,24,28). The van der Waals surface area contributed by atoms with Gasteiger partial charge in [0.25, 0.3) is 0 Å². The fourth-order valence-corrected chi connectivity index (χ4v) is 3.35. The molecule has 0 aliphatic heterocycles. The van der Waals surface area contributed by atoms with Gasteiger partial charge in [-0.05, 0) is 30.5 Å². The summed E-state index contributed by atoms with van der Waals surface area (Å²) in [7, 11) is 0. The minimum atomic E-state index is -0.240. The highest BCUT2D eigenvalue weighted by molar-refractivity contribution is 5.82. The number of amides is 1. The first kappa shape index (κ1) is 20.3. The summed E-state index contributed by atoms with van der Waals surface area (Å²) in [5.41, 5.74) is 3.69. The van der Waals surface area contributed by atoms with Crippen LogP contribution in [-0.4, -0.2) is 26.6 Å². The number of unbranched alkanes of at least 4 members (excludes halogenated alkanes) is 1. The van der Waals surface area contributed by atoms with Crippen molar-refractivity contribution in [2.75, 3.05) is 6.54 Å². The Morgan fingerprint density at radius 3 is 2.76 bits per heavy atom. The smallest absolute Gasteiger partial charge is 0.330 e. The number of hydrogen-bond acceptors (Lipinski definition) is 4. The van der Waals surface area contributed by atoms with E-state index in [2.05, 4.69) is 23.3 Å². The third-order valence-electron chi connectivity index (χ3n) is 4.87. The molecule has 29 heavy (non-hydrogen) atoms. The molecular formula is C22H25N5O2. The maximum absolute atomic E-state index is 12.8. The number of fused-ring (bicyclic) bond motifs is 1. The van der Waals surface area contributed by atoms with Gasteiger partial charge in [-0.25, -0.2) is 9.78 Å². The van der Waals surface area contributed by atoms with E-state index in [0.717, 1.165) is 29.5 Å². The highest BCUT2D eigenvalue weighted by Crippen LogP contribution is 2.23. The Labute approximate surface area is 169 Å². The molecule has 0 saturated carbocycles. The first-order chi connectivity index (χ1) is 14.1. The highest BCUT2D eigenvalue weighted by Gasteiger charge is 2.17. The van der Waals surface area contributed by atoms with Gasteiger partial charge in [-0.2, -0.15) is 5.26 Å². The molecule has 7 nitrogen and oxygen atoms in total. The SMILES string of the molecule is CCCCNC(=O)Cn1c(=O)n(CC)c2cc(-c3cccc(CC#N)c3)cnc21. The van der Waals surface area contributed by atoms with Gasteiger partial charge in [-0.1, -0.05) is 37.6 Å². The number of pyridine rings is 1. The minimum absolute atomic E-state index is 0.0456. The average molecular weight is 391 g/mol. The molecule has 0 saturated heterocycles. The van der Waals surface area contributed by atoms with Crippen LogP contribution in [0.5, 0.6) is 0 Å². The molecule has 7 heteroatoms. The largest absolute Gasteiger partial charge is 0.355 e. The van der Waals surface area contributed by atoms with E-state index < -0.39 is 0 Å². The number of benzene rings is 1. The molecule has 0 atom stereocenters. The number of nitriles is 1. The lowest BCUT2D eigenvalue weighted by molar-refractivity contribution is -0.121. The summed E-state index contributed by atoms with van der Waals surface area (Å²) in [5, 5.41) is 11.8. The number of rotatable bonds is 8. The number of imidazole rings is 1. The Balaban J connectivity index is 1.99. The van der Waals surface area contributed by atoms with E-state index >= 15 is 0 Å². The second-order valence-corrected chi connectivity index (χ2v) is 6.92. The summed E-state index contributed by atoms with van der Waals surface area (Å²) < 4.78 is 3.06. The van der Waals surface area contributed by atoms with Crippen LogP contribution in [0.25, 0.3) is 22.3 Å². The van der Waals surface area contributed by atoms with Crippen molar-refractivity contribution in [1.29, 1.82) is 5.26 Å². The predicted molar refractivity (Wildman–Crippen MR) is 112 cm³/mol. The van der Waals surface area contributed by atoms with Crippen LogP contribution in [0.3, 0.4) is 0 Å². The Morgan fingerprint density at radius 1 is 1.21 bits per heavy atom. The second kappa shape index (κ2) is 9.20. The van der Waals surface area contributed by atoms with Gasteiger partial charge in [0.2, 0.25) is 5.91 Å². The van der Waals surface area contributed by atoms with Crippen LogP contribution in [0.4, 0.5) is 0 Å². The van der Waals surface area contributed by atoms with Gasteiger partial charge >= 0.3 is 5.69 Å². The molecule has 0 radical (unpaired) electrons. The topological polar surface area (TPSA) is 92.7 Å². The maximum Gasteiger partial charge on any atom is 0.330 e. The van der Waals surface area contributed by atoms with Gasteiger partial charge in [0.15, 0.2) is 5.65 Å². The van der Waals surface area contributed by atoms with Crippen LogP contribution in [-0.2, 0) is 24.3 Å². The molecule has 2 heterocycles. The normalized spacial score (nSPS) is 10.8. The molecule has 0 aliphatic rings. The van der Waals surface area contributed by atoms with Gasteiger partial charge in [0, 0.05) is 24.8 Å².